The first kappa shape index (κ1) is 31.7. The number of para-hydroxylation sites is 2. The number of hydrogen-bond donors (Lipinski definition) is 0. The molecule has 0 unspecified atom stereocenters. The van der Waals surface area contributed by atoms with E-state index in [4.69, 9.17) is 9.97 Å². The molecule has 0 atom stereocenters. The molecule has 0 N–H and O–H groups in total. The summed E-state index contributed by atoms with van der Waals surface area (Å²) in [6, 6.07) is 46.3. The first-order chi connectivity index (χ1) is 27.8. The first-order valence-corrected chi connectivity index (χ1v) is 18.4. The van der Waals surface area contributed by atoms with Crippen LogP contribution >= 0.6 is 0 Å². The van der Waals surface area contributed by atoms with E-state index in [0.29, 0.717) is 0 Å². The lowest BCUT2D eigenvalue weighted by atomic mass is 10.00. The summed E-state index contributed by atoms with van der Waals surface area (Å²) in [5.74, 6) is 1.64. The van der Waals surface area contributed by atoms with Gasteiger partial charge < -0.3 is 0 Å². The summed E-state index contributed by atoms with van der Waals surface area (Å²) in [6.45, 7) is 0. The van der Waals surface area contributed by atoms with Crippen LogP contribution in [-0.2, 0) is 0 Å². The molecule has 0 saturated carbocycles. The van der Waals surface area contributed by atoms with Gasteiger partial charge in [-0.25, -0.2) is 9.97 Å². The molecular weight excluding hydrogens is 689 g/mol. The van der Waals surface area contributed by atoms with Gasteiger partial charge in [0.25, 0.3) is 0 Å². The summed E-state index contributed by atoms with van der Waals surface area (Å²) in [5, 5.41) is 4.42. The van der Waals surface area contributed by atoms with E-state index >= 15 is 0 Å². The van der Waals surface area contributed by atoms with Crippen molar-refractivity contribution < 1.29 is 0 Å². The molecule has 262 valence electrons. The number of nitrogens with zero attached hydrogens (tertiary/aromatic N) is 8. The molecule has 0 fully saturated rings. The van der Waals surface area contributed by atoms with Crippen LogP contribution in [0.15, 0.2) is 183 Å². The van der Waals surface area contributed by atoms with Crippen LogP contribution in [0.2, 0.25) is 0 Å². The summed E-state index contributed by atoms with van der Waals surface area (Å²) < 4.78 is 4.47. The van der Waals surface area contributed by atoms with Crippen LogP contribution in [0.3, 0.4) is 0 Å². The minimum atomic E-state index is 0.818. The maximum atomic E-state index is 5.39. The molecule has 0 bridgehead atoms. The second-order valence-electron chi connectivity index (χ2n) is 13.7. The van der Waals surface area contributed by atoms with Crippen LogP contribution in [0.25, 0.3) is 100 Å². The zero-order chi connectivity index (χ0) is 37.0. The van der Waals surface area contributed by atoms with Crippen LogP contribution in [0.5, 0.6) is 0 Å². The fraction of sp³-hybridized carbons (Fsp3) is 0. The molecular formula is C48H30N8. The van der Waals surface area contributed by atoms with Crippen molar-refractivity contribution in [3.05, 3.63) is 183 Å². The number of hydrogen-bond acceptors (Lipinski definition) is 6. The number of pyridine rings is 6. The predicted octanol–water partition coefficient (Wildman–Crippen LogP) is 10.9. The van der Waals surface area contributed by atoms with E-state index in [2.05, 4.69) is 138 Å². The van der Waals surface area contributed by atoms with Gasteiger partial charge in [-0.3, -0.25) is 29.1 Å². The Balaban J connectivity index is 1.12. The number of aromatic nitrogens is 8. The van der Waals surface area contributed by atoms with Crippen LogP contribution in [0.4, 0.5) is 0 Å². The van der Waals surface area contributed by atoms with E-state index in [-0.39, 0.29) is 0 Å². The van der Waals surface area contributed by atoms with Gasteiger partial charge in [-0.05, 0) is 101 Å². The topological polar surface area (TPSA) is 87.2 Å². The molecule has 0 saturated heterocycles. The van der Waals surface area contributed by atoms with E-state index in [9.17, 15) is 0 Å². The average molecular weight is 719 g/mol. The highest BCUT2D eigenvalue weighted by atomic mass is 15.1. The smallest absolute Gasteiger partial charge is 0.138 e. The fourth-order valence-electron chi connectivity index (χ4n) is 7.94. The molecule has 0 aliphatic heterocycles. The minimum absolute atomic E-state index is 0.818. The van der Waals surface area contributed by atoms with E-state index in [1.54, 1.807) is 0 Å². The Morgan fingerprint density at radius 2 is 0.732 bits per heavy atom. The van der Waals surface area contributed by atoms with Crippen molar-refractivity contribution in [2.45, 2.75) is 0 Å². The van der Waals surface area contributed by atoms with Crippen molar-refractivity contribution in [2.24, 2.45) is 0 Å². The maximum absolute atomic E-state index is 5.39. The van der Waals surface area contributed by atoms with Crippen molar-refractivity contribution in [1.82, 2.24) is 39.0 Å². The van der Waals surface area contributed by atoms with E-state index in [1.165, 1.54) is 0 Å². The molecule has 8 nitrogen and oxygen atoms in total. The molecule has 0 radical (unpaired) electrons. The van der Waals surface area contributed by atoms with Gasteiger partial charge in [0, 0.05) is 82.2 Å². The number of rotatable bonds is 6. The lowest BCUT2D eigenvalue weighted by Crippen LogP contribution is -2.01. The lowest BCUT2D eigenvalue weighted by molar-refractivity contribution is 1.08. The molecule has 11 aromatic rings. The summed E-state index contributed by atoms with van der Waals surface area (Å²) in [4.78, 5) is 28.3. The van der Waals surface area contributed by atoms with Gasteiger partial charge in [0.15, 0.2) is 0 Å². The predicted molar refractivity (Wildman–Crippen MR) is 224 cm³/mol. The van der Waals surface area contributed by atoms with Crippen molar-refractivity contribution in [3.8, 4) is 56.4 Å². The molecule has 0 amide bonds. The monoisotopic (exact) mass is 718 g/mol. The van der Waals surface area contributed by atoms with Gasteiger partial charge in [0.1, 0.15) is 11.6 Å². The maximum Gasteiger partial charge on any atom is 0.138 e. The normalized spacial score (nSPS) is 11.6. The largest absolute Gasteiger partial charge is 0.294 e. The average Bonchev–Trinajstić information content (AvgIpc) is 3.80. The third kappa shape index (κ3) is 5.23. The van der Waals surface area contributed by atoms with E-state index < -0.39 is 0 Å². The summed E-state index contributed by atoms with van der Waals surface area (Å²) in [6.07, 6.45) is 14.9. The second kappa shape index (κ2) is 12.9. The van der Waals surface area contributed by atoms with Gasteiger partial charge >= 0.3 is 0 Å². The van der Waals surface area contributed by atoms with Crippen molar-refractivity contribution in [2.75, 3.05) is 0 Å². The standard InChI is InChI=1S/C48H30N8/c1-3-10-43-37(8-1)39-29-51-22-16-45(39)55(43)47-27-35(31-12-18-49-19-13-31)25-41(53-47)33-6-5-7-34(24-33)42-26-36(32-14-20-50-21-15-32)28-48(54-42)56-44-11-4-2-9-38(44)40-30-52-23-17-46(40)56/h1-30H. The molecule has 0 aliphatic carbocycles. The van der Waals surface area contributed by atoms with Gasteiger partial charge in [0.2, 0.25) is 0 Å². The Morgan fingerprint density at radius 1 is 0.304 bits per heavy atom. The van der Waals surface area contributed by atoms with Gasteiger partial charge in [-0.1, -0.05) is 54.6 Å². The van der Waals surface area contributed by atoms with Gasteiger partial charge in [0.05, 0.1) is 33.5 Å². The Hall–Kier alpha value is -7.84. The molecule has 11 rings (SSSR count). The Kier molecular flexibility index (Phi) is 7.31. The van der Waals surface area contributed by atoms with Crippen LogP contribution < -0.4 is 0 Å². The molecule has 8 heterocycles. The molecule has 8 heteroatoms. The Morgan fingerprint density at radius 3 is 1.21 bits per heavy atom. The molecule has 0 aliphatic rings. The van der Waals surface area contributed by atoms with Crippen LogP contribution in [0, 0.1) is 0 Å². The summed E-state index contributed by atoms with van der Waals surface area (Å²) >= 11 is 0. The molecule has 56 heavy (non-hydrogen) atoms. The SMILES string of the molecule is c1cc(-c2cc(-c3ccncc3)cc(-n3c4ccccc4c4cnccc43)n2)cc(-c2cc(-c3ccncc3)cc(-n3c4ccccc4c4cnccc43)n2)c1. The van der Waals surface area contributed by atoms with Gasteiger partial charge in [-0.15, -0.1) is 0 Å². The third-order valence-corrected chi connectivity index (χ3v) is 10.5. The fourth-order valence-corrected chi connectivity index (χ4v) is 7.94. The number of fused-ring (bicyclic) bond motifs is 6. The second-order valence-corrected chi connectivity index (χ2v) is 13.7. The number of benzene rings is 3. The van der Waals surface area contributed by atoms with Crippen LogP contribution in [0.1, 0.15) is 0 Å². The van der Waals surface area contributed by atoms with Crippen molar-refractivity contribution in [3.63, 3.8) is 0 Å². The van der Waals surface area contributed by atoms with Gasteiger partial charge in [-0.2, -0.15) is 0 Å². The zero-order valence-electron chi connectivity index (χ0n) is 29.9. The first-order valence-electron chi connectivity index (χ1n) is 18.4. The Bertz CT molecular complexity index is 2940. The molecule has 0 spiro atoms. The minimum Gasteiger partial charge on any atom is -0.294 e. The van der Waals surface area contributed by atoms with E-state index in [0.717, 1.165) is 100 Å². The molecule has 3 aromatic carbocycles. The van der Waals surface area contributed by atoms with E-state index in [1.807, 2.05) is 73.8 Å². The third-order valence-electron chi connectivity index (χ3n) is 10.5. The highest BCUT2D eigenvalue weighted by molar-refractivity contribution is 6.09. The quantitative estimate of drug-likeness (QED) is 0.170. The van der Waals surface area contributed by atoms with Crippen molar-refractivity contribution >= 4 is 43.6 Å². The summed E-state index contributed by atoms with van der Waals surface area (Å²) in [5.41, 5.74) is 12.1. The zero-order valence-corrected chi connectivity index (χ0v) is 29.9. The lowest BCUT2D eigenvalue weighted by Gasteiger charge is -2.14. The Labute approximate surface area is 321 Å². The van der Waals surface area contributed by atoms with Crippen LogP contribution in [-0.4, -0.2) is 39.0 Å². The molecule has 8 aromatic heterocycles. The summed E-state index contributed by atoms with van der Waals surface area (Å²) in [7, 11) is 0. The highest BCUT2D eigenvalue weighted by Gasteiger charge is 2.18. The van der Waals surface area contributed by atoms with Crippen molar-refractivity contribution in [1.29, 1.82) is 0 Å². The highest BCUT2D eigenvalue weighted by Crippen LogP contribution is 2.37.